The Balaban J connectivity index is 1.91. The molecule has 0 atom stereocenters. The Labute approximate surface area is 147 Å². The van der Waals surface area contributed by atoms with Crippen LogP contribution in [0.3, 0.4) is 0 Å². The molecule has 2 aromatic carbocycles. The fraction of sp³-hybridized carbons (Fsp3) is 0.278. The van der Waals surface area contributed by atoms with E-state index in [0.717, 1.165) is 5.56 Å². The maximum atomic E-state index is 12.8. The summed E-state index contributed by atoms with van der Waals surface area (Å²) >= 11 is 0. The molecule has 0 unspecified atom stereocenters. The summed E-state index contributed by atoms with van der Waals surface area (Å²) in [4.78, 5) is 12.1. The summed E-state index contributed by atoms with van der Waals surface area (Å²) in [6, 6.07) is 11.8. The van der Waals surface area contributed by atoms with Gasteiger partial charge in [0.2, 0.25) is 15.9 Å². The molecule has 0 aliphatic carbocycles. The molecule has 0 bridgehead atoms. The van der Waals surface area contributed by atoms with Gasteiger partial charge in [0.1, 0.15) is 5.82 Å². The van der Waals surface area contributed by atoms with Crippen LogP contribution < -0.4 is 10.0 Å². The van der Waals surface area contributed by atoms with Crippen LogP contribution in [0.4, 0.5) is 10.1 Å². The first-order valence-electron chi connectivity index (χ1n) is 7.93. The SMILES string of the molecule is CC(C)NS(=O)(=O)c1ccc(CCC(=O)Nc2ccc(F)cc2)cc1. The summed E-state index contributed by atoms with van der Waals surface area (Å²) in [5.74, 6) is -0.551. The van der Waals surface area contributed by atoms with E-state index >= 15 is 0 Å². The smallest absolute Gasteiger partial charge is 0.240 e. The number of nitrogens with one attached hydrogen (secondary N) is 2. The van der Waals surface area contributed by atoms with Crippen molar-refractivity contribution in [2.75, 3.05) is 5.32 Å². The molecular weight excluding hydrogens is 343 g/mol. The molecule has 5 nitrogen and oxygen atoms in total. The molecule has 2 N–H and O–H groups in total. The monoisotopic (exact) mass is 364 g/mol. The number of benzene rings is 2. The summed E-state index contributed by atoms with van der Waals surface area (Å²) in [6.07, 6.45) is 0.721. The van der Waals surface area contributed by atoms with E-state index in [-0.39, 0.29) is 29.1 Å². The zero-order valence-corrected chi connectivity index (χ0v) is 14.9. The highest BCUT2D eigenvalue weighted by molar-refractivity contribution is 7.89. The number of amides is 1. The predicted molar refractivity (Wildman–Crippen MR) is 95.3 cm³/mol. The number of hydrogen-bond donors (Lipinski definition) is 2. The lowest BCUT2D eigenvalue weighted by molar-refractivity contribution is -0.116. The molecule has 0 saturated carbocycles. The Morgan fingerprint density at radius 2 is 1.64 bits per heavy atom. The summed E-state index contributed by atoms with van der Waals surface area (Å²) in [5.41, 5.74) is 1.39. The molecule has 7 heteroatoms. The lowest BCUT2D eigenvalue weighted by Crippen LogP contribution is -2.30. The minimum absolute atomic E-state index is 0.181. The fourth-order valence-electron chi connectivity index (χ4n) is 2.23. The minimum Gasteiger partial charge on any atom is -0.326 e. The van der Waals surface area contributed by atoms with Gasteiger partial charge in [0.25, 0.3) is 0 Å². The Hall–Kier alpha value is -2.25. The van der Waals surface area contributed by atoms with Crippen molar-refractivity contribution in [3.05, 3.63) is 59.9 Å². The van der Waals surface area contributed by atoms with Crippen LogP contribution in [0.1, 0.15) is 25.8 Å². The van der Waals surface area contributed by atoms with E-state index in [2.05, 4.69) is 10.0 Å². The van der Waals surface area contributed by atoms with Crippen molar-refractivity contribution in [2.45, 2.75) is 37.6 Å². The molecule has 1 amide bonds. The highest BCUT2D eigenvalue weighted by atomic mass is 32.2. The number of carbonyl (C=O) groups is 1. The Morgan fingerprint density at radius 3 is 2.20 bits per heavy atom. The summed E-state index contributed by atoms with van der Waals surface area (Å²) in [6.45, 7) is 3.51. The van der Waals surface area contributed by atoms with Crippen molar-refractivity contribution in [2.24, 2.45) is 0 Å². The molecule has 2 rings (SSSR count). The van der Waals surface area contributed by atoms with Gasteiger partial charge in [-0.3, -0.25) is 4.79 Å². The second kappa shape index (κ2) is 8.22. The maximum Gasteiger partial charge on any atom is 0.240 e. The topological polar surface area (TPSA) is 75.3 Å². The third kappa shape index (κ3) is 5.95. The molecule has 0 saturated heterocycles. The zero-order valence-electron chi connectivity index (χ0n) is 14.1. The number of anilines is 1. The van der Waals surface area contributed by atoms with Crippen molar-refractivity contribution in [3.63, 3.8) is 0 Å². The summed E-state index contributed by atoms with van der Waals surface area (Å²) < 4.78 is 39.4. The number of halogens is 1. The molecule has 0 spiro atoms. The second-order valence-corrected chi connectivity index (χ2v) is 7.69. The predicted octanol–water partition coefficient (Wildman–Crippen LogP) is 3.08. The number of hydrogen-bond acceptors (Lipinski definition) is 3. The van der Waals surface area contributed by atoms with Gasteiger partial charge in [-0.15, -0.1) is 0 Å². The Bertz CT molecular complexity index is 816. The van der Waals surface area contributed by atoms with Crippen LogP contribution in [0.5, 0.6) is 0 Å². The summed E-state index contributed by atoms with van der Waals surface area (Å²) in [5, 5.41) is 2.69. The van der Waals surface area contributed by atoms with Gasteiger partial charge in [-0.2, -0.15) is 0 Å². The average Bonchev–Trinajstić information content (AvgIpc) is 2.54. The van der Waals surface area contributed by atoms with Crippen molar-refractivity contribution in [3.8, 4) is 0 Å². The van der Waals surface area contributed by atoms with E-state index < -0.39 is 10.0 Å². The first kappa shape index (κ1) is 19.1. The van der Waals surface area contributed by atoms with E-state index in [1.807, 2.05) is 0 Å². The normalized spacial score (nSPS) is 11.5. The van der Waals surface area contributed by atoms with Crippen LogP contribution in [0.15, 0.2) is 53.4 Å². The first-order valence-corrected chi connectivity index (χ1v) is 9.41. The van der Waals surface area contributed by atoms with Gasteiger partial charge in [-0.1, -0.05) is 12.1 Å². The molecule has 134 valence electrons. The molecule has 0 aliphatic heterocycles. The quantitative estimate of drug-likeness (QED) is 0.793. The van der Waals surface area contributed by atoms with Crippen molar-refractivity contribution < 1.29 is 17.6 Å². The van der Waals surface area contributed by atoms with Crippen LogP contribution in [0.25, 0.3) is 0 Å². The molecule has 25 heavy (non-hydrogen) atoms. The molecule has 0 aromatic heterocycles. The lowest BCUT2D eigenvalue weighted by Gasteiger charge is -2.10. The van der Waals surface area contributed by atoms with Gasteiger partial charge >= 0.3 is 0 Å². The number of aryl methyl sites for hydroxylation is 1. The zero-order chi connectivity index (χ0) is 18.4. The standard InChI is InChI=1S/C18H21FN2O3S/c1-13(2)21-25(23,24)17-10-3-14(4-11-17)5-12-18(22)20-16-8-6-15(19)7-9-16/h3-4,6-11,13,21H,5,12H2,1-2H3,(H,20,22). The van der Waals surface area contributed by atoms with E-state index in [9.17, 15) is 17.6 Å². The molecule has 0 radical (unpaired) electrons. The first-order chi connectivity index (χ1) is 11.8. The van der Waals surface area contributed by atoms with Crippen molar-refractivity contribution in [1.82, 2.24) is 4.72 Å². The van der Waals surface area contributed by atoms with E-state index in [0.29, 0.717) is 12.1 Å². The van der Waals surface area contributed by atoms with Crippen LogP contribution in [0.2, 0.25) is 0 Å². The highest BCUT2D eigenvalue weighted by Crippen LogP contribution is 2.13. The molecule has 0 fully saturated rings. The Kier molecular flexibility index (Phi) is 6.27. The number of sulfonamides is 1. The minimum atomic E-state index is -3.51. The van der Waals surface area contributed by atoms with Gasteiger partial charge < -0.3 is 5.32 Å². The van der Waals surface area contributed by atoms with Gasteiger partial charge in [-0.25, -0.2) is 17.5 Å². The maximum absolute atomic E-state index is 12.8. The van der Waals surface area contributed by atoms with Gasteiger partial charge in [0.05, 0.1) is 4.90 Å². The summed E-state index contributed by atoms with van der Waals surface area (Å²) in [7, 11) is -3.51. The van der Waals surface area contributed by atoms with Crippen LogP contribution in [0, 0.1) is 5.82 Å². The second-order valence-electron chi connectivity index (χ2n) is 5.98. The van der Waals surface area contributed by atoms with E-state index in [1.54, 1.807) is 26.0 Å². The third-order valence-electron chi connectivity index (χ3n) is 3.39. The molecule has 2 aromatic rings. The molecular formula is C18H21FN2O3S. The molecule has 0 heterocycles. The number of carbonyl (C=O) groups excluding carboxylic acids is 1. The van der Waals surface area contributed by atoms with E-state index in [1.165, 1.54) is 36.4 Å². The van der Waals surface area contributed by atoms with Crippen molar-refractivity contribution >= 4 is 21.6 Å². The van der Waals surface area contributed by atoms with Crippen LogP contribution in [-0.2, 0) is 21.2 Å². The van der Waals surface area contributed by atoms with Gasteiger partial charge in [0, 0.05) is 18.2 Å². The fourth-order valence-corrected chi connectivity index (χ4v) is 3.48. The Morgan fingerprint density at radius 1 is 1.04 bits per heavy atom. The van der Waals surface area contributed by atoms with E-state index in [4.69, 9.17) is 0 Å². The highest BCUT2D eigenvalue weighted by Gasteiger charge is 2.15. The largest absolute Gasteiger partial charge is 0.326 e. The third-order valence-corrected chi connectivity index (χ3v) is 5.07. The van der Waals surface area contributed by atoms with Gasteiger partial charge in [0.15, 0.2) is 0 Å². The van der Waals surface area contributed by atoms with Crippen LogP contribution >= 0.6 is 0 Å². The van der Waals surface area contributed by atoms with Crippen LogP contribution in [-0.4, -0.2) is 20.4 Å². The van der Waals surface area contributed by atoms with Gasteiger partial charge in [-0.05, 0) is 62.2 Å². The lowest BCUT2D eigenvalue weighted by atomic mass is 10.1. The van der Waals surface area contributed by atoms with Crippen molar-refractivity contribution in [1.29, 1.82) is 0 Å². The average molecular weight is 364 g/mol. The number of rotatable bonds is 7. The molecule has 0 aliphatic rings.